The van der Waals surface area contributed by atoms with Gasteiger partial charge in [0.05, 0.1) is 7.11 Å². The van der Waals surface area contributed by atoms with Crippen LogP contribution in [-0.2, 0) is 9.09 Å². The second kappa shape index (κ2) is 4.85. The Bertz CT molecular complexity index is 308. The van der Waals surface area contributed by atoms with Crippen LogP contribution in [0.3, 0.4) is 0 Å². The Morgan fingerprint density at radius 3 is 2.54 bits per heavy atom. The minimum absolute atomic E-state index is 0.0458. The van der Waals surface area contributed by atoms with Crippen LogP contribution in [0, 0.1) is 0 Å². The van der Waals surface area contributed by atoms with Crippen molar-refractivity contribution in [3.63, 3.8) is 0 Å². The molecule has 0 spiro atoms. The summed E-state index contributed by atoms with van der Waals surface area (Å²) in [6, 6.07) is 8.76. The van der Waals surface area contributed by atoms with Gasteiger partial charge in [0.2, 0.25) is 11.9 Å². The molecule has 0 heterocycles. The fourth-order valence-corrected chi connectivity index (χ4v) is 1.44. The van der Waals surface area contributed by atoms with Crippen molar-refractivity contribution in [3.8, 4) is 0 Å². The molecule has 1 aromatic carbocycles. The molecule has 0 fully saturated rings. The van der Waals surface area contributed by atoms with Crippen molar-refractivity contribution in [1.29, 1.82) is 0 Å². The quantitative estimate of drug-likeness (QED) is 0.549. The molecule has 0 bridgehead atoms. The minimum atomic E-state index is -1.84. The standard InChI is InChI=1S/C9H10O3P/c1-12-13(11)7-9(10)8-5-3-2-4-6-8/h2-6H,7H2,1H3/q+1. The molecular formula is C9H10O3P+. The lowest BCUT2D eigenvalue weighted by molar-refractivity contribution is 0.101. The highest BCUT2D eigenvalue weighted by molar-refractivity contribution is 7.40. The molecule has 0 aliphatic carbocycles. The van der Waals surface area contributed by atoms with Crippen LogP contribution >= 0.6 is 8.03 Å². The second-order valence-electron chi connectivity index (χ2n) is 2.46. The average molecular weight is 197 g/mol. The summed E-state index contributed by atoms with van der Waals surface area (Å²) in [6.45, 7) is 0. The van der Waals surface area contributed by atoms with E-state index in [0.29, 0.717) is 5.56 Å². The first kappa shape index (κ1) is 10.0. The first-order valence-corrected chi connectivity index (χ1v) is 5.17. The molecule has 0 aliphatic heterocycles. The van der Waals surface area contributed by atoms with Gasteiger partial charge in [-0.25, -0.2) is 0 Å². The number of hydrogen-bond acceptors (Lipinski definition) is 3. The van der Waals surface area contributed by atoms with E-state index in [-0.39, 0.29) is 11.9 Å². The van der Waals surface area contributed by atoms with Gasteiger partial charge in [0.25, 0.3) is 0 Å². The zero-order chi connectivity index (χ0) is 9.68. The summed E-state index contributed by atoms with van der Waals surface area (Å²) >= 11 is 0. The van der Waals surface area contributed by atoms with Gasteiger partial charge in [-0.15, -0.1) is 4.52 Å². The number of ketones is 1. The minimum Gasteiger partial charge on any atom is -0.289 e. The molecule has 13 heavy (non-hydrogen) atoms. The third kappa shape index (κ3) is 3.05. The van der Waals surface area contributed by atoms with E-state index in [1.807, 2.05) is 6.07 Å². The van der Waals surface area contributed by atoms with Crippen LogP contribution in [0.5, 0.6) is 0 Å². The van der Waals surface area contributed by atoms with E-state index in [0.717, 1.165) is 0 Å². The summed E-state index contributed by atoms with van der Waals surface area (Å²) in [5.41, 5.74) is 0.572. The van der Waals surface area contributed by atoms with E-state index in [9.17, 15) is 9.36 Å². The Kier molecular flexibility index (Phi) is 3.74. The molecule has 0 N–H and O–H groups in total. The van der Waals surface area contributed by atoms with Crippen LogP contribution in [-0.4, -0.2) is 19.1 Å². The van der Waals surface area contributed by atoms with Crippen molar-refractivity contribution in [3.05, 3.63) is 35.9 Å². The maximum absolute atomic E-state index is 11.4. The van der Waals surface area contributed by atoms with Gasteiger partial charge >= 0.3 is 8.03 Å². The van der Waals surface area contributed by atoms with Crippen LogP contribution < -0.4 is 0 Å². The van der Waals surface area contributed by atoms with Crippen molar-refractivity contribution >= 4 is 13.8 Å². The molecule has 68 valence electrons. The Hall–Kier alpha value is -1.05. The number of carbonyl (C=O) groups excluding carboxylic acids is 1. The molecule has 4 heteroatoms. The van der Waals surface area contributed by atoms with E-state index in [1.165, 1.54) is 7.11 Å². The van der Waals surface area contributed by atoms with Crippen molar-refractivity contribution in [1.82, 2.24) is 0 Å². The number of benzene rings is 1. The monoisotopic (exact) mass is 197 g/mol. The number of Topliss-reactive ketones (excluding diaryl/α,β-unsaturated/α-hetero) is 1. The predicted molar refractivity (Wildman–Crippen MR) is 50.3 cm³/mol. The highest BCUT2D eigenvalue weighted by atomic mass is 31.1. The molecule has 1 unspecified atom stereocenters. The number of rotatable bonds is 4. The molecule has 0 saturated heterocycles. The van der Waals surface area contributed by atoms with E-state index in [1.54, 1.807) is 24.3 Å². The van der Waals surface area contributed by atoms with Crippen molar-refractivity contribution in [2.24, 2.45) is 0 Å². The average Bonchev–Trinajstić information content (AvgIpc) is 2.19. The van der Waals surface area contributed by atoms with Gasteiger partial charge in [0.1, 0.15) is 0 Å². The summed E-state index contributed by atoms with van der Waals surface area (Å²) in [5.74, 6) is -0.149. The summed E-state index contributed by atoms with van der Waals surface area (Å²) < 4.78 is 15.4. The molecule has 0 aliphatic rings. The Morgan fingerprint density at radius 2 is 2.00 bits per heavy atom. The van der Waals surface area contributed by atoms with E-state index >= 15 is 0 Å². The van der Waals surface area contributed by atoms with Gasteiger partial charge in [-0.3, -0.25) is 4.79 Å². The fourth-order valence-electron chi connectivity index (χ4n) is 0.897. The molecule has 3 nitrogen and oxygen atoms in total. The highest BCUT2D eigenvalue weighted by Gasteiger charge is 2.21. The van der Waals surface area contributed by atoms with Gasteiger partial charge < -0.3 is 0 Å². The number of carbonyl (C=O) groups is 1. The maximum atomic E-state index is 11.4. The van der Waals surface area contributed by atoms with Gasteiger partial charge in [0.15, 0.2) is 0 Å². The lowest BCUT2D eigenvalue weighted by Crippen LogP contribution is -2.01. The summed E-state index contributed by atoms with van der Waals surface area (Å²) in [7, 11) is -0.511. The highest BCUT2D eigenvalue weighted by Crippen LogP contribution is 2.21. The summed E-state index contributed by atoms with van der Waals surface area (Å²) in [5, 5.41) is 0. The second-order valence-corrected chi connectivity index (χ2v) is 3.81. The fraction of sp³-hybridized carbons (Fsp3) is 0.222. The van der Waals surface area contributed by atoms with Crippen LogP contribution in [0.15, 0.2) is 30.3 Å². The van der Waals surface area contributed by atoms with Crippen molar-refractivity contribution in [2.75, 3.05) is 13.3 Å². The van der Waals surface area contributed by atoms with Gasteiger partial charge in [0, 0.05) is 5.56 Å². The number of hydrogen-bond donors (Lipinski definition) is 0. The largest absolute Gasteiger partial charge is 0.516 e. The third-order valence-corrected chi connectivity index (χ3v) is 2.52. The zero-order valence-electron chi connectivity index (χ0n) is 7.27. The molecule has 0 amide bonds. The topological polar surface area (TPSA) is 43.4 Å². The first-order chi connectivity index (χ1) is 6.24. The van der Waals surface area contributed by atoms with Crippen LogP contribution in [0.2, 0.25) is 0 Å². The normalized spacial score (nSPS) is 11.0. The van der Waals surface area contributed by atoms with E-state index < -0.39 is 8.03 Å². The summed E-state index contributed by atoms with van der Waals surface area (Å²) in [4.78, 5) is 11.4. The van der Waals surface area contributed by atoms with E-state index in [4.69, 9.17) is 0 Å². The predicted octanol–water partition coefficient (Wildman–Crippen LogP) is 2.26. The van der Waals surface area contributed by atoms with Gasteiger partial charge in [-0.05, 0) is 4.57 Å². The summed E-state index contributed by atoms with van der Waals surface area (Å²) in [6.07, 6.45) is -0.0458. The lowest BCUT2D eigenvalue weighted by Gasteiger charge is -1.91. The lowest BCUT2D eigenvalue weighted by atomic mass is 10.2. The third-order valence-electron chi connectivity index (χ3n) is 1.57. The smallest absolute Gasteiger partial charge is 0.289 e. The van der Waals surface area contributed by atoms with Gasteiger partial charge in [-0.2, -0.15) is 0 Å². The molecule has 1 rings (SSSR count). The molecule has 0 saturated carbocycles. The van der Waals surface area contributed by atoms with Crippen molar-refractivity contribution < 1.29 is 13.9 Å². The molecular weight excluding hydrogens is 187 g/mol. The molecule has 1 aromatic rings. The Labute approximate surface area is 77.6 Å². The molecule has 0 radical (unpaired) electrons. The molecule has 0 aromatic heterocycles. The first-order valence-electron chi connectivity index (χ1n) is 3.81. The molecule has 1 atom stereocenters. The van der Waals surface area contributed by atoms with Crippen molar-refractivity contribution in [2.45, 2.75) is 0 Å². The SMILES string of the molecule is CO[P+](=O)CC(=O)c1ccccc1. The van der Waals surface area contributed by atoms with Crippen LogP contribution in [0.25, 0.3) is 0 Å². The van der Waals surface area contributed by atoms with Crippen LogP contribution in [0.4, 0.5) is 0 Å². The van der Waals surface area contributed by atoms with E-state index in [2.05, 4.69) is 4.52 Å². The zero-order valence-corrected chi connectivity index (χ0v) is 8.16. The van der Waals surface area contributed by atoms with Crippen LogP contribution in [0.1, 0.15) is 10.4 Å². The van der Waals surface area contributed by atoms with Gasteiger partial charge in [-0.1, -0.05) is 30.3 Å². The Balaban J connectivity index is 2.65. The Morgan fingerprint density at radius 1 is 1.38 bits per heavy atom. The maximum Gasteiger partial charge on any atom is 0.516 e.